The fourth-order valence-electron chi connectivity index (χ4n) is 3.55. The first kappa shape index (κ1) is 19.9. The van der Waals surface area contributed by atoms with Gasteiger partial charge in [-0.15, -0.1) is 11.3 Å². The van der Waals surface area contributed by atoms with Crippen molar-refractivity contribution in [2.24, 2.45) is 0 Å². The first-order chi connectivity index (χ1) is 15.4. The number of carbonyl (C=O) groups excluding carboxylic acids is 1. The Hall–Kier alpha value is -4.04. The molecular formula is C24H14F2N2O3S. The number of hydrogen-bond acceptors (Lipinski definition) is 6. The summed E-state index contributed by atoms with van der Waals surface area (Å²) in [5.41, 5.74) is 7.54. The van der Waals surface area contributed by atoms with E-state index < -0.39 is 17.4 Å². The lowest BCUT2D eigenvalue weighted by Crippen LogP contribution is -2.02. The van der Waals surface area contributed by atoms with Crippen molar-refractivity contribution in [1.29, 1.82) is 0 Å². The van der Waals surface area contributed by atoms with Gasteiger partial charge in [-0.2, -0.15) is 4.98 Å². The minimum atomic E-state index is -0.830. The molecular weight excluding hydrogens is 434 g/mol. The van der Waals surface area contributed by atoms with Gasteiger partial charge in [0.15, 0.2) is 5.82 Å². The molecule has 158 valence electrons. The zero-order valence-electron chi connectivity index (χ0n) is 16.3. The van der Waals surface area contributed by atoms with Gasteiger partial charge in [0.2, 0.25) is 11.7 Å². The molecule has 0 amide bonds. The van der Waals surface area contributed by atoms with Crippen molar-refractivity contribution in [3.8, 4) is 28.3 Å². The lowest BCUT2D eigenvalue weighted by Gasteiger charge is -2.07. The van der Waals surface area contributed by atoms with Crippen LogP contribution in [0.2, 0.25) is 0 Å². The number of rotatable bonds is 4. The maximum absolute atomic E-state index is 13.7. The van der Waals surface area contributed by atoms with Crippen molar-refractivity contribution in [1.82, 2.24) is 4.98 Å². The number of anilines is 1. The molecule has 0 fully saturated rings. The van der Waals surface area contributed by atoms with Crippen LogP contribution in [0.15, 0.2) is 71.3 Å². The average molecular weight is 448 g/mol. The van der Waals surface area contributed by atoms with E-state index in [9.17, 15) is 18.7 Å². The molecule has 2 aromatic heterocycles. The van der Waals surface area contributed by atoms with Crippen LogP contribution < -0.4 is 5.73 Å². The van der Waals surface area contributed by atoms with Crippen LogP contribution in [0.3, 0.4) is 0 Å². The second kappa shape index (κ2) is 7.58. The quantitative estimate of drug-likeness (QED) is 0.328. The maximum atomic E-state index is 13.7. The minimum absolute atomic E-state index is 0.0536. The standard InChI is InChI=1S/C24H14F2N2O3S/c25-15-7-14(8-16(26)9-15)22(30)23-21(18-6-5-17(29)10-19(18)32-23)12-1-3-13(4-2-12)24-28-20(27)11-31-24/h1-11,29H,27H2. The van der Waals surface area contributed by atoms with Crippen molar-refractivity contribution in [2.75, 3.05) is 5.73 Å². The zero-order chi connectivity index (χ0) is 22.4. The second-order valence-electron chi connectivity index (χ2n) is 7.13. The first-order valence-corrected chi connectivity index (χ1v) is 10.3. The molecule has 0 bridgehead atoms. The number of phenols is 1. The number of halogens is 2. The summed E-state index contributed by atoms with van der Waals surface area (Å²) in [4.78, 5) is 17.7. The van der Waals surface area contributed by atoms with E-state index in [0.29, 0.717) is 32.2 Å². The van der Waals surface area contributed by atoms with Crippen molar-refractivity contribution in [2.45, 2.75) is 0 Å². The summed E-state index contributed by atoms with van der Waals surface area (Å²) in [7, 11) is 0. The summed E-state index contributed by atoms with van der Waals surface area (Å²) in [5.74, 6) is -1.49. The summed E-state index contributed by atoms with van der Waals surface area (Å²) < 4.78 is 33.5. The summed E-state index contributed by atoms with van der Waals surface area (Å²) >= 11 is 1.15. The Balaban J connectivity index is 1.67. The third-order valence-electron chi connectivity index (χ3n) is 4.95. The Morgan fingerprint density at radius 1 is 0.969 bits per heavy atom. The molecule has 0 unspecified atom stereocenters. The van der Waals surface area contributed by atoms with E-state index in [2.05, 4.69) is 4.98 Å². The number of fused-ring (bicyclic) bond motifs is 1. The van der Waals surface area contributed by atoms with Crippen LogP contribution in [0.25, 0.3) is 32.7 Å². The molecule has 8 heteroatoms. The van der Waals surface area contributed by atoms with Gasteiger partial charge in [-0.05, 0) is 48.0 Å². The smallest absolute Gasteiger partial charge is 0.227 e. The molecule has 0 spiro atoms. The van der Waals surface area contributed by atoms with E-state index in [0.717, 1.165) is 34.9 Å². The minimum Gasteiger partial charge on any atom is -0.508 e. The van der Waals surface area contributed by atoms with Crippen LogP contribution in [0.4, 0.5) is 14.6 Å². The van der Waals surface area contributed by atoms with Gasteiger partial charge in [-0.25, -0.2) is 8.78 Å². The topological polar surface area (TPSA) is 89.3 Å². The van der Waals surface area contributed by atoms with Crippen LogP contribution in [0, 0.1) is 11.6 Å². The Morgan fingerprint density at radius 3 is 2.31 bits per heavy atom. The lowest BCUT2D eigenvalue weighted by molar-refractivity contribution is 0.104. The SMILES string of the molecule is Nc1coc(-c2ccc(-c3c(C(=O)c4cc(F)cc(F)c4)sc4cc(O)ccc34)cc2)n1. The fourth-order valence-corrected chi connectivity index (χ4v) is 4.77. The molecule has 32 heavy (non-hydrogen) atoms. The number of nitrogens with two attached hydrogens (primary N) is 1. The van der Waals surface area contributed by atoms with Crippen LogP contribution in [0.1, 0.15) is 15.2 Å². The van der Waals surface area contributed by atoms with E-state index in [1.807, 2.05) is 0 Å². The number of aromatic hydroxyl groups is 1. The number of nitrogens with zero attached hydrogens (tertiary/aromatic N) is 1. The monoisotopic (exact) mass is 448 g/mol. The van der Waals surface area contributed by atoms with Crippen LogP contribution in [0.5, 0.6) is 5.75 Å². The van der Waals surface area contributed by atoms with E-state index in [-0.39, 0.29) is 17.1 Å². The molecule has 0 aliphatic heterocycles. The number of benzene rings is 3. The van der Waals surface area contributed by atoms with Gasteiger partial charge in [0, 0.05) is 32.8 Å². The number of oxazole rings is 1. The molecule has 0 saturated carbocycles. The molecule has 3 N–H and O–H groups in total. The van der Waals surface area contributed by atoms with Gasteiger partial charge in [0.25, 0.3) is 0 Å². The molecule has 3 aromatic carbocycles. The number of aromatic nitrogens is 1. The third-order valence-corrected chi connectivity index (χ3v) is 6.10. The summed E-state index contributed by atoms with van der Waals surface area (Å²) in [6.45, 7) is 0. The highest BCUT2D eigenvalue weighted by Crippen LogP contribution is 2.41. The van der Waals surface area contributed by atoms with E-state index >= 15 is 0 Å². The predicted molar refractivity (Wildman–Crippen MR) is 119 cm³/mol. The van der Waals surface area contributed by atoms with Gasteiger partial charge < -0.3 is 15.3 Å². The molecule has 0 aliphatic rings. The van der Waals surface area contributed by atoms with Crippen molar-refractivity contribution >= 4 is 33.0 Å². The van der Waals surface area contributed by atoms with Gasteiger partial charge in [-0.1, -0.05) is 12.1 Å². The molecule has 0 saturated heterocycles. The average Bonchev–Trinajstić information content (AvgIpc) is 3.36. The summed E-state index contributed by atoms with van der Waals surface area (Å²) in [6, 6.07) is 14.7. The number of carbonyl (C=O) groups is 1. The number of nitrogen functional groups attached to an aromatic ring is 1. The summed E-state index contributed by atoms with van der Waals surface area (Å²) in [5, 5.41) is 10.6. The highest BCUT2D eigenvalue weighted by atomic mass is 32.1. The number of phenolic OH excluding ortho intramolecular Hbond substituents is 1. The van der Waals surface area contributed by atoms with Crippen LogP contribution in [-0.2, 0) is 0 Å². The normalized spacial score (nSPS) is 11.2. The van der Waals surface area contributed by atoms with E-state index in [1.54, 1.807) is 36.4 Å². The zero-order valence-corrected chi connectivity index (χ0v) is 17.1. The molecule has 5 aromatic rings. The maximum Gasteiger partial charge on any atom is 0.227 e. The molecule has 2 heterocycles. The largest absolute Gasteiger partial charge is 0.508 e. The number of ketones is 1. The molecule has 0 atom stereocenters. The molecule has 0 radical (unpaired) electrons. The van der Waals surface area contributed by atoms with E-state index in [4.69, 9.17) is 10.2 Å². The predicted octanol–water partition coefficient (Wildman–Crippen LogP) is 6.02. The van der Waals surface area contributed by atoms with Crippen molar-refractivity contribution in [3.63, 3.8) is 0 Å². The summed E-state index contributed by atoms with van der Waals surface area (Å²) in [6.07, 6.45) is 1.34. The Morgan fingerprint density at radius 2 is 1.66 bits per heavy atom. The molecule has 5 nitrogen and oxygen atoms in total. The Bertz CT molecular complexity index is 1470. The molecule has 0 aliphatic carbocycles. The van der Waals surface area contributed by atoms with Crippen LogP contribution >= 0.6 is 11.3 Å². The second-order valence-corrected chi connectivity index (χ2v) is 8.18. The van der Waals surface area contributed by atoms with E-state index in [1.165, 1.54) is 12.3 Å². The molecule has 5 rings (SSSR count). The Kier molecular flexibility index (Phi) is 4.71. The highest BCUT2D eigenvalue weighted by Gasteiger charge is 2.22. The number of hydrogen-bond donors (Lipinski definition) is 2. The fraction of sp³-hybridized carbons (Fsp3) is 0. The van der Waals surface area contributed by atoms with Gasteiger partial charge in [0.1, 0.15) is 23.6 Å². The van der Waals surface area contributed by atoms with Crippen molar-refractivity contribution < 1.29 is 23.1 Å². The van der Waals surface area contributed by atoms with Crippen molar-refractivity contribution in [3.05, 3.63) is 89.0 Å². The Labute approximate surface area is 184 Å². The van der Waals surface area contributed by atoms with Gasteiger partial charge in [0.05, 0.1) is 4.88 Å². The highest BCUT2D eigenvalue weighted by molar-refractivity contribution is 7.21. The van der Waals surface area contributed by atoms with Crippen LogP contribution in [-0.4, -0.2) is 15.9 Å². The third kappa shape index (κ3) is 3.50. The number of thiophene rings is 1. The van der Waals surface area contributed by atoms with Gasteiger partial charge in [-0.3, -0.25) is 4.79 Å². The first-order valence-electron chi connectivity index (χ1n) is 9.47. The lowest BCUT2D eigenvalue weighted by atomic mass is 9.97. The van der Waals surface area contributed by atoms with Gasteiger partial charge >= 0.3 is 0 Å².